The standard InChI is InChI=1S/C12H19NO3/c1-2-8-16-12(15)13-7-6-9-10(13)4-3-5-11(9)14/h9-10H,2-8H2,1H3/t9-,10-/m0/s1. The van der Waals surface area contributed by atoms with Crippen molar-refractivity contribution in [3.05, 3.63) is 0 Å². The van der Waals surface area contributed by atoms with E-state index in [0.717, 1.165) is 25.7 Å². The first-order valence-corrected chi connectivity index (χ1v) is 6.20. The smallest absolute Gasteiger partial charge is 0.410 e. The van der Waals surface area contributed by atoms with E-state index < -0.39 is 0 Å². The normalized spacial score (nSPS) is 29.1. The number of carbonyl (C=O) groups is 2. The Morgan fingerprint density at radius 2 is 2.31 bits per heavy atom. The quantitative estimate of drug-likeness (QED) is 0.722. The molecule has 4 heteroatoms. The van der Waals surface area contributed by atoms with Crippen LogP contribution in [0.5, 0.6) is 0 Å². The molecule has 1 saturated heterocycles. The van der Waals surface area contributed by atoms with Crippen molar-refractivity contribution in [2.45, 2.75) is 45.1 Å². The Morgan fingerprint density at radius 1 is 1.50 bits per heavy atom. The summed E-state index contributed by atoms with van der Waals surface area (Å²) in [6.07, 6.45) is 4.00. The highest BCUT2D eigenvalue weighted by Crippen LogP contribution is 2.34. The number of ether oxygens (including phenoxy) is 1. The van der Waals surface area contributed by atoms with E-state index in [1.165, 1.54) is 0 Å². The predicted molar refractivity (Wildman–Crippen MR) is 59.1 cm³/mol. The molecule has 0 aromatic rings. The summed E-state index contributed by atoms with van der Waals surface area (Å²) in [5.74, 6) is 0.421. The van der Waals surface area contributed by atoms with Crippen molar-refractivity contribution in [1.82, 2.24) is 4.90 Å². The Hall–Kier alpha value is -1.06. The first-order valence-electron chi connectivity index (χ1n) is 6.20. The maximum Gasteiger partial charge on any atom is 0.410 e. The van der Waals surface area contributed by atoms with Crippen LogP contribution in [0.25, 0.3) is 0 Å². The summed E-state index contributed by atoms with van der Waals surface area (Å²) in [5.41, 5.74) is 0. The first-order chi connectivity index (χ1) is 7.74. The molecule has 1 amide bonds. The lowest BCUT2D eigenvalue weighted by molar-refractivity contribution is -0.125. The van der Waals surface area contributed by atoms with E-state index in [4.69, 9.17) is 4.74 Å². The topological polar surface area (TPSA) is 46.6 Å². The number of nitrogens with zero attached hydrogens (tertiary/aromatic N) is 1. The second kappa shape index (κ2) is 4.85. The van der Waals surface area contributed by atoms with E-state index in [0.29, 0.717) is 25.4 Å². The maximum atomic E-state index is 11.8. The van der Waals surface area contributed by atoms with Gasteiger partial charge in [0.2, 0.25) is 0 Å². The Bertz CT molecular complexity index is 290. The summed E-state index contributed by atoms with van der Waals surface area (Å²) in [6.45, 7) is 3.13. The number of amides is 1. The molecular formula is C12H19NO3. The molecule has 4 nitrogen and oxygen atoms in total. The summed E-state index contributed by atoms with van der Waals surface area (Å²) in [4.78, 5) is 25.2. The highest BCUT2D eigenvalue weighted by molar-refractivity contribution is 5.84. The maximum absolute atomic E-state index is 11.8. The first kappa shape index (κ1) is 11.4. The van der Waals surface area contributed by atoms with E-state index in [-0.39, 0.29) is 18.1 Å². The molecular weight excluding hydrogens is 206 g/mol. The number of rotatable bonds is 2. The van der Waals surface area contributed by atoms with Crippen molar-refractivity contribution in [1.29, 1.82) is 0 Å². The molecule has 0 aromatic heterocycles. The van der Waals surface area contributed by atoms with Gasteiger partial charge in [0, 0.05) is 24.9 Å². The van der Waals surface area contributed by atoms with Crippen molar-refractivity contribution < 1.29 is 14.3 Å². The van der Waals surface area contributed by atoms with Crippen LogP contribution in [-0.4, -0.2) is 36.0 Å². The van der Waals surface area contributed by atoms with Gasteiger partial charge in [0.15, 0.2) is 0 Å². The van der Waals surface area contributed by atoms with E-state index in [2.05, 4.69) is 0 Å². The van der Waals surface area contributed by atoms with Crippen LogP contribution in [0.3, 0.4) is 0 Å². The van der Waals surface area contributed by atoms with Crippen molar-refractivity contribution >= 4 is 11.9 Å². The van der Waals surface area contributed by atoms with Gasteiger partial charge in [0.05, 0.1) is 6.61 Å². The minimum absolute atomic E-state index is 0.0860. The van der Waals surface area contributed by atoms with Crippen molar-refractivity contribution in [2.75, 3.05) is 13.2 Å². The van der Waals surface area contributed by atoms with E-state index >= 15 is 0 Å². The third-order valence-electron chi connectivity index (χ3n) is 3.55. The number of fused-ring (bicyclic) bond motifs is 1. The largest absolute Gasteiger partial charge is 0.449 e. The molecule has 0 N–H and O–H groups in total. The zero-order valence-electron chi connectivity index (χ0n) is 9.78. The average Bonchev–Trinajstić information content (AvgIpc) is 2.71. The van der Waals surface area contributed by atoms with Gasteiger partial charge in [-0.05, 0) is 25.7 Å². The van der Waals surface area contributed by atoms with Crippen molar-refractivity contribution in [2.24, 2.45) is 5.92 Å². The molecule has 2 fully saturated rings. The number of ketones is 1. The van der Waals surface area contributed by atoms with Crippen molar-refractivity contribution in [3.63, 3.8) is 0 Å². The summed E-state index contributed by atoms with van der Waals surface area (Å²) >= 11 is 0. The minimum atomic E-state index is -0.232. The summed E-state index contributed by atoms with van der Waals surface area (Å²) in [6, 6.07) is 0.116. The van der Waals surface area contributed by atoms with Crippen LogP contribution in [0.2, 0.25) is 0 Å². The molecule has 0 radical (unpaired) electrons. The molecule has 2 rings (SSSR count). The van der Waals surface area contributed by atoms with Crippen LogP contribution < -0.4 is 0 Å². The fourth-order valence-electron chi connectivity index (χ4n) is 2.76. The number of hydrogen-bond donors (Lipinski definition) is 0. The van der Waals surface area contributed by atoms with Gasteiger partial charge in [-0.2, -0.15) is 0 Å². The van der Waals surface area contributed by atoms with Gasteiger partial charge in [-0.25, -0.2) is 4.79 Å². The second-order valence-corrected chi connectivity index (χ2v) is 4.63. The third-order valence-corrected chi connectivity index (χ3v) is 3.55. The minimum Gasteiger partial charge on any atom is -0.449 e. The molecule has 1 aliphatic carbocycles. The Labute approximate surface area is 95.9 Å². The summed E-state index contributed by atoms with van der Waals surface area (Å²) in [7, 11) is 0. The fourth-order valence-corrected chi connectivity index (χ4v) is 2.76. The zero-order valence-corrected chi connectivity index (χ0v) is 9.78. The highest BCUT2D eigenvalue weighted by Gasteiger charge is 2.43. The number of Topliss-reactive ketones (excluding diaryl/α,β-unsaturated/α-hetero) is 1. The third kappa shape index (κ3) is 2.06. The van der Waals surface area contributed by atoms with Crippen LogP contribution in [-0.2, 0) is 9.53 Å². The molecule has 1 heterocycles. The van der Waals surface area contributed by atoms with E-state index in [1.54, 1.807) is 4.90 Å². The van der Waals surface area contributed by atoms with E-state index in [9.17, 15) is 9.59 Å². The lowest BCUT2D eigenvalue weighted by atomic mass is 9.84. The number of hydrogen-bond acceptors (Lipinski definition) is 3. The van der Waals surface area contributed by atoms with E-state index in [1.807, 2.05) is 6.92 Å². The van der Waals surface area contributed by atoms with Crippen LogP contribution >= 0.6 is 0 Å². The van der Waals surface area contributed by atoms with Crippen LogP contribution in [0, 0.1) is 5.92 Å². The number of likely N-dealkylation sites (tertiary alicyclic amines) is 1. The molecule has 16 heavy (non-hydrogen) atoms. The molecule has 0 unspecified atom stereocenters. The molecule has 1 aliphatic heterocycles. The monoisotopic (exact) mass is 225 g/mol. The Kier molecular flexibility index (Phi) is 3.46. The van der Waals surface area contributed by atoms with Gasteiger partial charge in [0.25, 0.3) is 0 Å². The molecule has 2 aliphatic rings. The van der Waals surface area contributed by atoms with Crippen molar-refractivity contribution in [3.8, 4) is 0 Å². The summed E-state index contributed by atoms with van der Waals surface area (Å²) < 4.78 is 5.14. The zero-order chi connectivity index (χ0) is 11.5. The fraction of sp³-hybridized carbons (Fsp3) is 0.833. The van der Waals surface area contributed by atoms with Gasteiger partial charge < -0.3 is 9.64 Å². The summed E-state index contributed by atoms with van der Waals surface area (Å²) in [5, 5.41) is 0. The lowest BCUT2D eigenvalue weighted by Crippen LogP contribution is -2.42. The average molecular weight is 225 g/mol. The van der Waals surface area contributed by atoms with Crippen LogP contribution in [0.1, 0.15) is 39.0 Å². The van der Waals surface area contributed by atoms with Crippen LogP contribution in [0.4, 0.5) is 4.79 Å². The highest BCUT2D eigenvalue weighted by atomic mass is 16.6. The van der Waals surface area contributed by atoms with Gasteiger partial charge in [-0.1, -0.05) is 6.92 Å². The molecule has 0 bridgehead atoms. The SMILES string of the molecule is CCCOC(=O)N1CC[C@@H]2C(=O)CCC[C@@H]21. The number of carbonyl (C=O) groups excluding carboxylic acids is 2. The molecule has 90 valence electrons. The van der Waals surface area contributed by atoms with Gasteiger partial charge >= 0.3 is 6.09 Å². The molecule has 2 atom stereocenters. The van der Waals surface area contributed by atoms with Gasteiger partial charge in [-0.15, -0.1) is 0 Å². The van der Waals surface area contributed by atoms with Gasteiger partial charge in [-0.3, -0.25) is 4.79 Å². The molecule has 0 aromatic carbocycles. The molecule has 0 spiro atoms. The Balaban J connectivity index is 1.97. The van der Waals surface area contributed by atoms with Gasteiger partial charge in [0.1, 0.15) is 5.78 Å². The second-order valence-electron chi connectivity index (χ2n) is 4.63. The Morgan fingerprint density at radius 3 is 3.06 bits per heavy atom. The predicted octanol–water partition coefficient (Wildman–Crippen LogP) is 1.98. The van der Waals surface area contributed by atoms with Crippen LogP contribution in [0.15, 0.2) is 0 Å². The molecule has 1 saturated carbocycles. The lowest BCUT2D eigenvalue weighted by Gasteiger charge is -2.30.